The summed E-state index contributed by atoms with van der Waals surface area (Å²) < 4.78 is 0. The monoisotopic (exact) mass is 507 g/mol. The van der Waals surface area contributed by atoms with Crippen molar-refractivity contribution < 1.29 is 9.59 Å². The molecule has 0 saturated carbocycles. The molecule has 2 heterocycles. The summed E-state index contributed by atoms with van der Waals surface area (Å²) in [5.74, 6) is 0.955. The minimum Gasteiger partial charge on any atom is -0.356 e. The van der Waals surface area contributed by atoms with Gasteiger partial charge in [0.1, 0.15) is 0 Å². The number of nitrogens with one attached hydrogen (secondary N) is 3. The molecule has 152 valence electrons. The van der Waals surface area contributed by atoms with E-state index in [1.165, 1.54) is 11.3 Å². The quantitative estimate of drug-likeness (QED) is 0.228. The van der Waals surface area contributed by atoms with Crippen LogP contribution < -0.4 is 16.0 Å². The second kappa shape index (κ2) is 12.2. The molecule has 2 rings (SSSR count). The van der Waals surface area contributed by atoms with Gasteiger partial charge in [0.2, 0.25) is 5.91 Å². The lowest BCUT2D eigenvalue weighted by Gasteiger charge is -2.20. The SMILES string of the molecule is CN=C(NCCCNC(=O)c1cccs1)NC1CCN(C(=O)C(C)C)C1.I. The predicted octanol–water partition coefficient (Wildman–Crippen LogP) is 1.91. The van der Waals surface area contributed by atoms with Gasteiger partial charge in [-0.05, 0) is 24.3 Å². The van der Waals surface area contributed by atoms with Crippen LogP contribution in [0.3, 0.4) is 0 Å². The highest BCUT2D eigenvalue weighted by Gasteiger charge is 2.27. The van der Waals surface area contributed by atoms with Gasteiger partial charge in [0.15, 0.2) is 5.96 Å². The summed E-state index contributed by atoms with van der Waals surface area (Å²) in [7, 11) is 1.74. The van der Waals surface area contributed by atoms with Gasteiger partial charge >= 0.3 is 0 Å². The molecule has 0 radical (unpaired) electrons. The zero-order valence-electron chi connectivity index (χ0n) is 16.2. The Balaban J connectivity index is 0.00000364. The summed E-state index contributed by atoms with van der Waals surface area (Å²) in [6, 6.07) is 3.91. The van der Waals surface area contributed by atoms with Crippen LogP contribution in [-0.2, 0) is 4.79 Å². The van der Waals surface area contributed by atoms with Crippen molar-refractivity contribution in [2.75, 3.05) is 33.2 Å². The Bertz CT molecular complexity index is 621. The van der Waals surface area contributed by atoms with Crippen LogP contribution in [0, 0.1) is 5.92 Å². The number of amides is 2. The Morgan fingerprint density at radius 1 is 1.33 bits per heavy atom. The largest absolute Gasteiger partial charge is 0.356 e. The van der Waals surface area contributed by atoms with Crippen LogP contribution in [0.2, 0.25) is 0 Å². The van der Waals surface area contributed by atoms with Crippen molar-refractivity contribution in [3.63, 3.8) is 0 Å². The Morgan fingerprint density at radius 3 is 2.70 bits per heavy atom. The maximum Gasteiger partial charge on any atom is 0.261 e. The third-order valence-corrected chi connectivity index (χ3v) is 5.10. The van der Waals surface area contributed by atoms with E-state index in [4.69, 9.17) is 0 Å². The number of guanidine groups is 1. The van der Waals surface area contributed by atoms with Crippen LogP contribution in [0.5, 0.6) is 0 Å². The second-order valence-corrected chi connectivity index (χ2v) is 7.60. The van der Waals surface area contributed by atoms with E-state index in [2.05, 4.69) is 20.9 Å². The molecule has 2 amide bonds. The Morgan fingerprint density at radius 2 is 2.07 bits per heavy atom. The first kappa shape index (κ1) is 23.7. The van der Waals surface area contributed by atoms with Crippen LogP contribution in [0.25, 0.3) is 0 Å². The third kappa shape index (κ3) is 7.65. The highest BCUT2D eigenvalue weighted by molar-refractivity contribution is 14.0. The lowest BCUT2D eigenvalue weighted by molar-refractivity contribution is -0.133. The van der Waals surface area contributed by atoms with Crippen molar-refractivity contribution >= 4 is 53.1 Å². The first-order valence-corrected chi connectivity index (χ1v) is 9.97. The molecule has 1 aromatic heterocycles. The third-order valence-electron chi connectivity index (χ3n) is 4.23. The van der Waals surface area contributed by atoms with E-state index in [0.717, 1.165) is 30.2 Å². The van der Waals surface area contributed by atoms with Gasteiger partial charge in [0, 0.05) is 45.2 Å². The molecular formula is C18H30IN5O2S. The number of aliphatic imine (C=N–C) groups is 1. The maximum absolute atomic E-state index is 12.0. The molecule has 1 atom stereocenters. The Labute approximate surface area is 182 Å². The van der Waals surface area contributed by atoms with E-state index >= 15 is 0 Å². The van der Waals surface area contributed by atoms with Gasteiger partial charge in [-0.25, -0.2) is 0 Å². The van der Waals surface area contributed by atoms with Gasteiger partial charge in [-0.3, -0.25) is 14.6 Å². The highest BCUT2D eigenvalue weighted by Crippen LogP contribution is 2.12. The van der Waals surface area contributed by atoms with Crippen molar-refractivity contribution in [1.29, 1.82) is 0 Å². The highest BCUT2D eigenvalue weighted by atomic mass is 127. The topological polar surface area (TPSA) is 85.8 Å². The molecule has 1 aliphatic rings. The summed E-state index contributed by atoms with van der Waals surface area (Å²) in [5.41, 5.74) is 0. The van der Waals surface area contributed by atoms with E-state index in [-0.39, 0.29) is 47.8 Å². The fourth-order valence-electron chi connectivity index (χ4n) is 2.82. The van der Waals surface area contributed by atoms with Crippen LogP contribution in [0.4, 0.5) is 0 Å². The van der Waals surface area contributed by atoms with Crippen LogP contribution >= 0.6 is 35.3 Å². The normalized spacial score (nSPS) is 16.8. The lowest BCUT2D eigenvalue weighted by atomic mass is 10.2. The fraction of sp³-hybridized carbons (Fsp3) is 0.611. The van der Waals surface area contributed by atoms with Crippen molar-refractivity contribution in [3.8, 4) is 0 Å². The van der Waals surface area contributed by atoms with Crippen LogP contribution in [0.15, 0.2) is 22.5 Å². The van der Waals surface area contributed by atoms with E-state index in [0.29, 0.717) is 19.6 Å². The molecule has 0 aliphatic carbocycles. The van der Waals surface area contributed by atoms with Gasteiger partial charge in [-0.2, -0.15) is 0 Å². The van der Waals surface area contributed by atoms with Gasteiger partial charge < -0.3 is 20.9 Å². The molecule has 0 spiro atoms. The van der Waals surface area contributed by atoms with Crippen molar-refractivity contribution in [2.45, 2.75) is 32.7 Å². The molecule has 1 aromatic rings. The summed E-state index contributed by atoms with van der Waals surface area (Å²) in [6.07, 6.45) is 1.73. The standard InChI is InChI=1S/C18H29N5O2S.HI/c1-13(2)17(25)23-10-7-14(12-23)22-18(19-3)21-9-5-8-20-16(24)15-6-4-11-26-15;/h4,6,11,13-14H,5,7-10,12H2,1-3H3,(H,20,24)(H2,19,21,22);1H. The molecular weight excluding hydrogens is 477 g/mol. The molecule has 7 nitrogen and oxygen atoms in total. The Hall–Kier alpha value is -1.36. The molecule has 3 N–H and O–H groups in total. The second-order valence-electron chi connectivity index (χ2n) is 6.65. The summed E-state index contributed by atoms with van der Waals surface area (Å²) in [5, 5.41) is 11.4. The minimum absolute atomic E-state index is 0. The molecule has 0 bridgehead atoms. The predicted molar refractivity (Wildman–Crippen MR) is 121 cm³/mol. The number of hydrogen-bond acceptors (Lipinski definition) is 4. The van der Waals surface area contributed by atoms with Gasteiger partial charge in [-0.15, -0.1) is 35.3 Å². The molecule has 0 aromatic carbocycles. The van der Waals surface area contributed by atoms with E-state index in [9.17, 15) is 9.59 Å². The molecule has 1 fully saturated rings. The van der Waals surface area contributed by atoms with Crippen LogP contribution in [0.1, 0.15) is 36.4 Å². The summed E-state index contributed by atoms with van der Waals surface area (Å²) in [4.78, 5) is 30.8. The van der Waals surface area contributed by atoms with Crippen molar-refractivity contribution in [3.05, 3.63) is 22.4 Å². The maximum atomic E-state index is 12.0. The average molecular weight is 507 g/mol. The number of nitrogens with zero attached hydrogens (tertiary/aromatic N) is 2. The average Bonchev–Trinajstić information content (AvgIpc) is 3.31. The lowest BCUT2D eigenvalue weighted by Crippen LogP contribution is -2.45. The number of carbonyl (C=O) groups excluding carboxylic acids is 2. The van der Waals surface area contributed by atoms with Gasteiger partial charge in [0.05, 0.1) is 4.88 Å². The molecule has 1 unspecified atom stereocenters. The van der Waals surface area contributed by atoms with E-state index in [1.54, 1.807) is 7.05 Å². The number of rotatable bonds is 7. The fourth-order valence-corrected chi connectivity index (χ4v) is 3.46. The van der Waals surface area contributed by atoms with Gasteiger partial charge in [-0.1, -0.05) is 19.9 Å². The molecule has 9 heteroatoms. The zero-order valence-corrected chi connectivity index (χ0v) is 19.3. The first-order valence-electron chi connectivity index (χ1n) is 9.09. The number of thiophene rings is 1. The Kier molecular flexibility index (Phi) is 10.7. The number of carbonyl (C=O) groups is 2. The first-order chi connectivity index (χ1) is 12.5. The smallest absolute Gasteiger partial charge is 0.261 e. The van der Waals surface area contributed by atoms with E-state index < -0.39 is 0 Å². The van der Waals surface area contributed by atoms with E-state index in [1.807, 2.05) is 36.3 Å². The van der Waals surface area contributed by atoms with Crippen LogP contribution in [-0.4, -0.2) is 61.9 Å². The van der Waals surface area contributed by atoms with Crippen molar-refractivity contribution in [2.24, 2.45) is 10.9 Å². The molecule has 1 saturated heterocycles. The number of likely N-dealkylation sites (tertiary alicyclic amines) is 1. The summed E-state index contributed by atoms with van der Waals surface area (Å²) >= 11 is 1.44. The molecule has 1 aliphatic heterocycles. The summed E-state index contributed by atoms with van der Waals surface area (Å²) in [6.45, 7) is 6.70. The molecule has 27 heavy (non-hydrogen) atoms. The number of halogens is 1. The zero-order chi connectivity index (χ0) is 18.9. The minimum atomic E-state index is -0.0247. The number of hydrogen-bond donors (Lipinski definition) is 3. The van der Waals surface area contributed by atoms with Crippen molar-refractivity contribution in [1.82, 2.24) is 20.9 Å². The van der Waals surface area contributed by atoms with Gasteiger partial charge in [0.25, 0.3) is 5.91 Å².